The molecule has 0 saturated carbocycles. The van der Waals surface area contributed by atoms with Gasteiger partial charge in [0.15, 0.2) is 0 Å². The third-order valence-electron chi connectivity index (χ3n) is 4.19. The second-order valence-electron chi connectivity index (χ2n) is 4.99. The molecule has 0 amide bonds. The van der Waals surface area contributed by atoms with Crippen LogP contribution in [0.15, 0.2) is 0 Å². The van der Waals surface area contributed by atoms with Crippen molar-refractivity contribution < 1.29 is 9.47 Å². The quantitative estimate of drug-likeness (QED) is 0.768. The summed E-state index contributed by atoms with van der Waals surface area (Å²) in [4.78, 5) is 2.55. The number of rotatable bonds is 3. The molecule has 2 rings (SSSR count). The van der Waals surface area contributed by atoms with Gasteiger partial charge in [0.25, 0.3) is 0 Å². The number of ether oxygens (including phenoxy) is 2. The van der Waals surface area contributed by atoms with Gasteiger partial charge in [0.2, 0.25) is 0 Å². The molecule has 4 nitrogen and oxygen atoms in total. The van der Waals surface area contributed by atoms with Crippen LogP contribution in [0, 0.1) is 0 Å². The minimum absolute atomic E-state index is 0.176. The Morgan fingerprint density at radius 1 is 1.44 bits per heavy atom. The van der Waals surface area contributed by atoms with Gasteiger partial charge in [-0.1, -0.05) is 0 Å². The highest BCUT2D eigenvalue weighted by atomic mass is 16.5. The van der Waals surface area contributed by atoms with Crippen molar-refractivity contribution in [1.29, 1.82) is 0 Å². The lowest BCUT2D eigenvalue weighted by Crippen LogP contribution is -2.60. The Morgan fingerprint density at radius 2 is 2.19 bits per heavy atom. The maximum absolute atomic E-state index is 6.02. The summed E-state index contributed by atoms with van der Waals surface area (Å²) >= 11 is 0. The van der Waals surface area contributed by atoms with E-state index in [1.54, 1.807) is 0 Å². The van der Waals surface area contributed by atoms with E-state index >= 15 is 0 Å². The van der Waals surface area contributed by atoms with Crippen LogP contribution in [0.1, 0.15) is 25.7 Å². The molecule has 0 aromatic heterocycles. The molecule has 0 aromatic rings. The largest absolute Gasteiger partial charge is 0.381 e. The van der Waals surface area contributed by atoms with Crippen LogP contribution in [0.5, 0.6) is 0 Å². The van der Waals surface area contributed by atoms with Gasteiger partial charge in [-0.25, -0.2) is 0 Å². The van der Waals surface area contributed by atoms with Crippen LogP contribution in [-0.4, -0.2) is 56.5 Å². The number of likely N-dealkylation sites (tertiary alicyclic amines) is 1. The van der Waals surface area contributed by atoms with E-state index in [1.165, 1.54) is 12.8 Å². The molecule has 2 aliphatic heterocycles. The Kier molecular flexibility index (Phi) is 4.19. The minimum atomic E-state index is 0.176. The van der Waals surface area contributed by atoms with Gasteiger partial charge in [-0.2, -0.15) is 0 Å². The van der Waals surface area contributed by atoms with Gasteiger partial charge in [0, 0.05) is 39.0 Å². The molecule has 94 valence electrons. The van der Waals surface area contributed by atoms with E-state index in [-0.39, 0.29) is 5.54 Å². The van der Waals surface area contributed by atoms with Crippen LogP contribution in [0.2, 0.25) is 0 Å². The molecule has 0 aromatic carbocycles. The first kappa shape index (κ1) is 12.3. The number of nitrogens with zero attached hydrogens (tertiary/aromatic N) is 1. The molecule has 0 radical (unpaired) electrons. The number of hydrogen-bond donors (Lipinski definition) is 1. The average Bonchev–Trinajstić information content (AvgIpc) is 2.39. The molecule has 2 aliphatic rings. The van der Waals surface area contributed by atoms with E-state index < -0.39 is 0 Å². The molecule has 1 atom stereocenters. The molecule has 2 saturated heterocycles. The van der Waals surface area contributed by atoms with Crippen LogP contribution < -0.4 is 5.73 Å². The average molecular weight is 228 g/mol. The number of piperidine rings is 1. The summed E-state index contributed by atoms with van der Waals surface area (Å²) in [6.07, 6.45) is 4.94. The fourth-order valence-corrected chi connectivity index (χ4v) is 2.96. The number of nitrogens with two attached hydrogens (primary N) is 1. The summed E-state index contributed by atoms with van der Waals surface area (Å²) in [6, 6.07) is 0. The Bertz CT molecular complexity index is 217. The first-order valence-electron chi connectivity index (χ1n) is 6.36. The smallest absolute Gasteiger partial charge is 0.0698 e. The van der Waals surface area contributed by atoms with Gasteiger partial charge in [0.05, 0.1) is 6.10 Å². The zero-order chi connectivity index (χ0) is 11.4. The molecule has 0 aliphatic carbocycles. The number of methoxy groups -OCH3 is 1. The van der Waals surface area contributed by atoms with E-state index in [9.17, 15) is 0 Å². The van der Waals surface area contributed by atoms with Crippen LogP contribution >= 0.6 is 0 Å². The standard InChI is InChI=1S/C12H24N2O2/c1-15-11-3-2-6-14(9-11)12(10-13)4-7-16-8-5-12/h11H,2-10,13H2,1H3. The predicted molar refractivity (Wildman–Crippen MR) is 63.4 cm³/mol. The van der Waals surface area contributed by atoms with Crippen molar-refractivity contribution in [2.75, 3.05) is 40.0 Å². The maximum atomic E-state index is 6.02. The summed E-state index contributed by atoms with van der Waals surface area (Å²) < 4.78 is 10.9. The van der Waals surface area contributed by atoms with Gasteiger partial charge in [0.1, 0.15) is 0 Å². The molecular formula is C12H24N2O2. The second-order valence-corrected chi connectivity index (χ2v) is 4.99. The van der Waals surface area contributed by atoms with Crippen molar-refractivity contribution in [1.82, 2.24) is 4.90 Å². The highest BCUT2D eigenvalue weighted by Crippen LogP contribution is 2.30. The van der Waals surface area contributed by atoms with Crippen molar-refractivity contribution in [3.8, 4) is 0 Å². The normalized spacial score (nSPS) is 31.5. The zero-order valence-corrected chi connectivity index (χ0v) is 10.3. The highest BCUT2D eigenvalue weighted by Gasteiger charge is 2.39. The van der Waals surface area contributed by atoms with E-state index in [0.717, 1.165) is 45.7 Å². The van der Waals surface area contributed by atoms with Crippen LogP contribution in [0.25, 0.3) is 0 Å². The lowest BCUT2D eigenvalue weighted by atomic mass is 9.86. The monoisotopic (exact) mass is 228 g/mol. The highest BCUT2D eigenvalue weighted by molar-refractivity contribution is 4.95. The van der Waals surface area contributed by atoms with Gasteiger partial charge < -0.3 is 15.2 Å². The Balaban J connectivity index is 2.01. The summed E-state index contributed by atoms with van der Waals surface area (Å²) in [7, 11) is 1.81. The zero-order valence-electron chi connectivity index (χ0n) is 10.3. The Morgan fingerprint density at radius 3 is 2.81 bits per heavy atom. The topological polar surface area (TPSA) is 47.7 Å². The molecular weight excluding hydrogens is 204 g/mol. The fraction of sp³-hybridized carbons (Fsp3) is 1.00. The van der Waals surface area contributed by atoms with E-state index in [0.29, 0.717) is 6.10 Å². The minimum Gasteiger partial charge on any atom is -0.381 e. The van der Waals surface area contributed by atoms with Crippen LogP contribution in [0.3, 0.4) is 0 Å². The summed E-state index contributed by atoms with van der Waals surface area (Å²) in [6.45, 7) is 4.65. The maximum Gasteiger partial charge on any atom is 0.0698 e. The van der Waals surface area contributed by atoms with Crippen LogP contribution in [-0.2, 0) is 9.47 Å². The van der Waals surface area contributed by atoms with Gasteiger partial charge >= 0.3 is 0 Å². The molecule has 16 heavy (non-hydrogen) atoms. The first-order chi connectivity index (χ1) is 7.80. The Labute approximate surface area is 98.1 Å². The van der Waals surface area contributed by atoms with Crippen molar-refractivity contribution in [2.24, 2.45) is 5.73 Å². The summed E-state index contributed by atoms with van der Waals surface area (Å²) in [5.41, 5.74) is 6.19. The summed E-state index contributed by atoms with van der Waals surface area (Å²) in [5, 5.41) is 0. The molecule has 0 spiro atoms. The van der Waals surface area contributed by atoms with Crippen molar-refractivity contribution in [2.45, 2.75) is 37.3 Å². The molecule has 4 heteroatoms. The third kappa shape index (κ3) is 2.40. The van der Waals surface area contributed by atoms with Gasteiger partial charge in [-0.3, -0.25) is 4.90 Å². The first-order valence-corrected chi connectivity index (χ1v) is 6.36. The molecule has 2 fully saturated rings. The van der Waals surface area contributed by atoms with Crippen molar-refractivity contribution in [3.63, 3.8) is 0 Å². The van der Waals surface area contributed by atoms with E-state index in [4.69, 9.17) is 15.2 Å². The van der Waals surface area contributed by atoms with Crippen molar-refractivity contribution in [3.05, 3.63) is 0 Å². The summed E-state index contributed by atoms with van der Waals surface area (Å²) in [5.74, 6) is 0. The SMILES string of the molecule is COC1CCCN(C2(CN)CCOCC2)C1. The van der Waals surface area contributed by atoms with Crippen LogP contribution in [0.4, 0.5) is 0 Å². The number of hydrogen-bond acceptors (Lipinski definition) is 4. The molecule has 2 N–H and O–H groups in total. The van der Waals surface area contributed by atoms with Gasteiger partial charge in [-0.15, -0.1) is 0 Å². The van der Waals surface area contributed by atoms with Crippen molar-refractivity contribution >= 4 is 0 Å². The third-order valence-corrected chi connectivity index (χ3v) is 4.19. The fourth-order valence-electron chi connectivity index (χ4n) is 2.96. The van der Waals surface area contributed by atoms with E-state index in [1.807, 2.05) is 7.11 Å². The lowest BCUT2D eigenvalue weighted by Gasteiger charge is -2.48. The molecule has 2 heterocycles. The molecule has 0 bridgehead atoms. The lowest BCUT2D eigenvalue weighted by molar-refractivity contribution is -0.0635. The second kappa shape index (κ2) is 5.45. The van der Waals surface area contributed by atoms with Gasteiger partial charge in [-0.05, 0) is 32.2 Å². The molecule has 1 unspecified atom stereocenters. The predicted octanol–water partition coefficient (Wildman–Crippen LogP) is 0.605. The Hall–Kier alpha value is -0.160. The van der Waals surface area contributed by atoms with E-state index in [2.05, 4.69) is 4.90 Å².